The smallest absolute Gasteiger partial charge is 0.253 e. The molecule has 0 spiro atoms. The number of carbonyl (C=O) groups is 1. The number of benzene rings is 1. The number of nitrogens with zero attached hydrogens (tertiary/aromatic N) is 5. The van der Waals surface area contributed by atoms with Crippen molar-refractivity contribution in [1.29, 1.82) is 0 Å². The van der Waals surface area contributed by atoms with Crippen LogP contribution in [0.25, 0.3) is 22.7 Å². The van der Waals surface area contributed by atoms with E-state index in [-0.39, 0.29) is 17.6 Å². The van der Waals surface area contributed by atoms with Gasteiger partial charge in [-0.15, -0.1) is 0 Å². The van der Waals surface area contributed by atoms with E-state index < -0.39 is 0 Å². The minimum Gasteiger partial charge on any atom is -0.356 e. The zero-order valence-corrected chi connectivity index (χ0v) is 18.1. The van der Waals surface area contributed by atoms with Crippen LogP contribution >= 0.6 is 0 Å². The van der Waals surface area contributed by atoms with Crippen molar-refractivity contribution in [2.45, 2.75) is 25.7 Å². The highest BCUT2D eigenvalue weighted by atomic mass is 19.1. The van der Waals surface area contributed by atoms with E-state index in [1.807, 2.05) is 30.0 Å². The lowest BCUT2D eigenvalue weighted by Crippen LogP contribution is -2.38. The molecule has 4 heterocycles. The fourth-order valence-corrected chi connectivity index (χ4v) is 4.16. The molecule has 0 unspecified atom stereocenters. The highest BCUT2D eigenvalue weighted by Gasteiger charge is 2.28. The highest BCUT2D eigenvalue weighted by Crippen LogP contribution is 2.35. The second kappa shape index (κ2) is 8.90. The molecule has 0 bridgehead atoms. The lowest BCUT2D eigenvalue weighted by Gasteiger charge is -2.32. The van der Waals surface area contributed by atoms with Gasteiger partial charge in [0, 0.05) is 54.8 Å². The molecule has 1 fully saturated rings. The Labute approximate surface area is 190 Å². The standard InChI is InChI=1S/C25H22FN5O2/c1-16-14-22(33-30-16)21-15-28-24(18-6-10-27-11-7-18)29-23(21)17-8-12-31(13-9-17)25(32)19-2-4-20(26)5-3-19/h2-7,10-11,14-15,17H,8-9,12-13H2,1H3. The minimum atomic E-state index is -0.353. The number of halogens is 1. The molecule has 1 saturated heterocycles. The number of pyridine rings is 1. The van der Waals surface area contributed by atoms with Crippen molar-refractivity contribution in [3.05, 3.63) is 83.8 Å². The summed E-state index contributed by atoms with van der Waals surface area (Å²) in [7, 11) is 0. The van der Waals surface area contributed by atoms with Crippen molar-refractivity contribution in [3.8, 4) is 22.7 Å². The number of aryl methyl sites for hydroxylation is 1. The number of rotatable bonds is 4. The SMILES string of the molecule is Cc1cc(-c2cnc(-c3ccncc3)nc2C2CCN(C(=O)c3ccc(F)cc3)CC2)on1. The van der Waals surface area contributed by atoms with Crippen LogP contribution in [0.2, 0.25) is 0 Å². The van der Waals surface area contributed by atoms with Gasteiger partial charge in [-0.3, -0.25) is 9.78 Å². The number of hydrogen-bond donors (Lipinski definition) is 0. The van der Waals surface area contributed by atoms with Crippen LogP contribution in [0.3, 0.4) is 0 Å². The van der Waals surface area contributed by atoms with Gasteiger partial charge in [-0.1, -0.05) is 5.16 Å². The number of aromatic nitrogens is 4. The van der Waals surface area contributed by atoms with Gasteiger partial charge in [0.1, 0.15) is 5.82 Å². The molecule has 5 rings (SSSR count). The second-order valence-corrected chi connectivity index (χ2v) is 8.13. The zero-order valence-electron chi connectivity index (χ0n) is 18.1. The van der Waals surface area contributed by atoms with E-state index in [2.05, 4.69) is 15.1 Å². The van der Waals surface area contributed by atoms with Crippen molar-refractivity contribution < 1.29 is 13.7 Å². The molecule has 0 atom stereocenters. The molecule has 0 saturated carbocycles. The quantitative estimate of drug-likeness (QED) is 0.456. The molecule has 1 aliphatic heterocycles. The van der Waals surface area contributed by atoms with Crippen LogP contribution in [0.15, 0.2) is 65.6 Å². The molecule has 1 amide bonds. The van der Waals surface area contributed by atoms with Crippen LogP contribution in [-0.2, 0) is 0 Å². The fourth-order valence-electron chi connectivity index (χ4n) is 4.16. The van der Waals surface area contributed by atoms with Gasteiger partial charge >= 0.3 is 0 Å². The summed E-state index contributed by atoms with van der Waals surface area (Å²) < 4.78 is 18.7. The fraction of sp³-hybridized carbons (Fsp3) is 0.240. The molecule has 4 aromatic rings. The summed E-state index contributed by atoms with van der Waals surface area (Å²) in [6.45, 7) is 3.05. The largest absolute Gasteiger partial charge is 0.356 e. The van der Waals surface area contributed by atoms with E-state index >= 15 is 0 Å². The predicted molar refractivity (Wildman–Crippen MR) is 120 cm³/mol. The second-order valence-electron chi connectivity index (χ2n) is 8.13. The first kappa shape index (κ1) is 20.9. The summed E-state index contributed by atoms with van der Waals surface area (Å²) >= 11 is 0. The van der Waals surface area contributed by atoms with Crippen LogP contribution in [-0.4, -0.2) is 44.0 Å². The summed E-state index contributed by atoms with van der Waals surface area (Å²) in [6.07, 6.45) is 6.71. The highest BCUT2D eigenvalue weighted by molar-refractivity contribution is 5.94. The van der Waals surface area contributed by atoms with E-state index in [1.54, 1.807) is 18.6 Å². The van der Waals surface area contributed by atoms with Gasteiger partial charge < -0.3 is 9.42 Å². The van der Waals surface area contributed by atoms with Crippen molar-refractivity contribution in [2.75, 3.05) is 13.1 Å². The number of likely N-dealkylation sites (tertiary alicyclic amines) is 1. The van der Waals surface area contributed by atoms with Crippen LogP contribution in [0.4, 0.5) is 4.39 Å². The minimum absolute atomic E-state index is 0.0836. The first-order valence-electron chi connectivity index (χ1n) is 10.8. The Hall–Kier alpha value is -3.94. The van der Waals surface area contributed by atoms with E-state index in [4.69, 9.17) is 9.51 Å². The Kier molecular flexibility index (Phi) is 5.64. The monoisotopic (exact) mass is 443 g/mol. The van der Waals surface area contributed by atoms with Gasteiger partial charge in [-0.2, -0.15) is 0 Å². The molecule has 0 aliphatic carbocycles. The molecule has 1 aliphatic rings. The summed E-state index contributed by atoms with van der Waals surface area (Å²) in [5.41, 5.74) is 3.87. The van der Waals surface area contributed by atoms with Crippen LogP contribution in [0.5, 0.6) is 0 Å². The summed E-state index contributed by atoms with van der Waals surface area (Å²) in [5.74, 6) is 0.950. The van der Waals surface area contributed by atoms with Crippen molar-refractivity contribution in [2.24, 2.45) is 0 Å². The van der Waals surface area contributed by atoms with Gasteiger partial charge in [-0.25, -0.2) is 14.4 Å². The van der Waals surface area contributed by atoms with Crippen molar-refractivity contribution in [3.63, 3.8) is 0 Å². The summed E-state index contributed by atoms with van der Waals surface area (Å²) in [4.78, 5) is 28.2. The lowest BCUT2D eigenvalue weighted by molar-refractivity contribution is 0.0712. The maximum Gasteiger partial charge on any atom is 0.253 e. The van der Waals surface area contributed by atoms with E-state index in [0.29, 0.717) is 30.2 Å². The third kappa shape index (κ3) is 4.37. The van der Waals surface area contributed by atoms with Crippen LogP contribution in [0, 0.1) is 12.7 Å². The molecule has 3 aromatic heterocycles. The van der Waals surface area contributed by atoms with Gasteiger partial charge in [0.05, 0.1) is 17.0 Å². The van der Waals surface area contributed by atoms with E-state index in [0.717, 1.165) is 35.4 Å². The van der Waals surface area contributed by atoms with Gasteiger partial charge in [0.25, 0.3) is 5.91 Å². The Morgan fingerprint density at radius 1 is 1.09 bits per heavy atom. The van der Waals surface area contributed by atoms with Crippen molar-refractivity contribution in [1.82, 2.24) is 25.0 Å². The zero-order chi connectivity index (χ0) is 22.8. The van der Waals surface area contributed by atoms with Crippen LogP contribution in [0.1, 0.15) is 40.5 Å². The maximum atomic E-state index is 13.2. The first-order valence-corrected chi connectivity index (χ1v) is 10.8. The molecule has 0 N–H and O–H groups in total. The van der Waals surface area contributed by atoms with Gasteiger partial charge in [0.15, 0.2) is 11.6 Å². The topological polar surface area (TPSA) is 85.0 Å². The molecule has 33 heavy (non-hydrogen) atoms. The van der Waals surface area contributed by atoms with Crippen LogP contribution < -0.4 is 0 Å². The molecule has 8 heteroatoms. The third-order valence-corrected chi connectivity index (χ3v) is 5.91. The average molecular weight is 443 g/mol. The Balaban J connectivity index is 1.42. The maximum absolute atomic E-state index is 13.2. The molecule has 1 aromatic carbocycles. The number of carbonyl (C=O) groups excluding carboxylic acids is 1. The van der Waals surface area contributed by atoms with E-state index in [1.165, 1.54) is 24.3 Å². The Bertz CT molecular complexity index is 1270. The molecule has 166 valence electrons. The van der Waals surface area contributed by atoms with Crippen molar-refractivity contribution >= 4 is 5.91 Å². The summed E-state index contributed by atoms with van der Waals surface area (Å²) in [5, 5.41) is 4.02. The van der Waals surface area contributed by atoms with Gasteiger partial charge in [-0.05, 0) is 56.2 Å². The third-order valence-electron chi connectivity index (χ3n) is 5.91. The Morgan fingerprint density at radius 2 is 1.82 bits per heavy atom. The lowest BCUT2D eigenvalue weighted by atomic mass is 9.89. The number of amides is 1. The first-order chi connectivity index (χ1) is 16.1. The predicted octanol–water partition coefficient (Wildman–Crippen LogP) is 4.66. The molecular weight excluding hydrogens is 421 g/mol. The Morgan fingerprint density at radius 3 is 2.48 bits per heavy atom. The average Bonchev–Trinajstić information content (AvgIpc) is 3.30. The normalized spacial score (nSPS) is 14.4. The summed E-state index contributed by atoms with van der Waals surface area (Å²) in [6, 6.07) is 11.3. The number of piperidine rings is 1. The molecule has 0 radical (unpaired) electrons. The molecular formula is C25H22FN5O2. The van der Waals surface area contributed by atoms with E-state index in [9.17, 15) is 9.18 Å². The van der Waals surface area contributed by atoms with Gasteiger partial charge in [0.2, 0.25) is 0 Å². The number of hydrogen-bond acceptors (Lipinski definition) is 6. The molecule has 7 nitrogen and oxygen atoms in total.